The standard InChI is InChI=1S/C15H13N3O3/c1-20-15(19)10-2-4-13(18-8-10)9-21-14-5-3-12(17)6-11(14)7-16/h2-6,8H,9,17H2,1H3. The van der Waals surface area contributed by atoms with Gasteiger partial charge in [0.1, 0.15) is 18.4 Å². The first-order chi connectivity index (χ1) is 10.1. The highest BCUT2D eigenvalue weighted by molar-refractivity contribution is 5.88. The van der Waals surface area contributed by atoms with E-state index in [1.54, 1.807) is 30.3 Å². The number of rotatable bonds is 4. The van der Waals surface area contributed by atoms with Gasteiger partial charge < -0.3 is 15.2 Å². The predicted molar refractivity (Wildman–Crippen MR) is 75.5 cm³/mol. The van der Waals surface area contributed by atoms with Gasteiger partial charge in [-0.3, -0.25) is 4.98 Å². The number of nitriles is 1. The molecule has 21 heavy (non-hydrogen) atoms. The van der Waals surface area contributed by atoms with Gasteiger partial charge in [-0.25, -0.2) is 4.79 Å². The highest BCUT2D eigenvalue weighted by Gasteiger charge is 2.07. The third kappa shape index (κ3) is 3.48. The molecule has 0 radical (unpaired) electrons. The second-order valence-corrected chi connectivity index (χ2v) is 4.19. The normalized spacial score (nSPS) is 9.71. The molecule has 0 aliphatic carbocycles. The van der Waals surface area contributed by atoms with E-state index in [9.17, 15) is 4.79 Å². The number of carbonyl (C=O) groups excluding carboxylic acids is 1. The van der Waals surface area contributed by atoms with E-state index in [0.717, 1.165) is 0 Å². The van der Waals surface area contributed by atoms with Crippen molar-refractivity contribution in [3.8, 4) is 11.8 Å². The lowest BCUT2D eigenvalue weighted by molar-refractivity contribution is 0.0600. The average molecular weight is 283 g/mol. The number of hydrogen-bond donors (Lipinski definition) is 1. The molecule has 2 N–H and O–H groups in total. The predicted octanol–water partition coefficient (Wildman–Crippen LogP) is 1.90. The van der Waals surface area contributed by atoms with Crippen LogP contribution < -0.4 is 10.5 Å². The third-order valence-electron chi connectivity index (χ3n) is 2.75. The van der Waals surface area contributed by atoms with E-state index in [0.29, 0.717) is 28.3 Å². The average Bonchev–Trinajstić information content (AvgIpc) is 2.53. The van der Waals surface area contributed by atoms with Crippen molar-refractivity contribution in [2.24, 2.45) is 0 Å². The molecule has 0 bridgehead atoms. The second kappa shape index (κ2) is 6.39. The molecule has 0 unspecified atom stereocenters. The van der Waals surface area contributed by atoms with Gasteiger partial charge in [-0.15, -0.1) is 0 Å². The summed E-state index contributed by atoms with van der Waals surface area (Å²) in [6, 6.07) is 10.1. The van der Waals surface area contributed by atoms with Crippen LogP contribution in [0.4, 0.5) is 5.69 Å². The molecule has 0 atom stereocenters. The number of anilines is 1. The smallest absolute Gasteiger partial charge is 0.339 e. The topological polar surface area (TPSA) is 98.2 Å². The molecule has 1 aromatic heterocycles. The van der Waals surface area contributed by atoms with Gasteiger partial charge in [-0.2, -0.15) is 5.26 Å². The Morgan fingerprint density at radius 1 is 1.38 bits per heavy atom. The molecule has 0 fully saturated rings. The summed E-state index contributed by atoms with van der Waals surface area (Å²) in [6.45, 7) is 0.181. The van der Waals surface area contributed by atoms with Gasteiger partial charge in [0, 0.05) is 11.9 Å². The van der Waals surface area contributed by atoms with E-state index in [2.05, 4.69) is 9.72 Å². The number of carbonyl (C=O) groups is 1. The summed E-state index contributed by atoms with van der Waals surface area (Å²) >= 11 is 0. The maximum atomic E-state index is 11.3. The quantitative estimate of drug-likeness (QED) is 0.679. The molecule has 0 aliphatic rings. The Morgan fingerprint density at radius 2 is 2.19 bits per heavy atom. The lowest BCUT2D eigenvalue weighted by atomic mass is 10.2. The van der Waals surface area contributed by atoms with Crippen molar-refractivity contribution >= 4 is 11.7 Å². The Morgan fingerprint density at radius 3 is 2.81 bits per heavy atom. The van der Waals surface area contributed by atoms with Crippen molar-refractivity contribution in [1.29, 1.82) is 5.26 Å². The SMILES string of the molecule is COC(=O)c1ccc(COc2ccc(N)cc2C#N)nc1. The first-order valence-corrected chi connectivity index (χ1v) is 6.09. The number of nitrogens with zero attached hydrogens (tertiary/aromatic N) is 2. The molecule has 0 spiro atoms. The lowest BCUT2D eigenvalue weighted by Gasteiger charge is -2.08. The van der Waals surface area contributed by atoms with Gasteiger partial charge >= 0.3 is 5.97 Å². The lowest BCUT2D eigenvalue weighted by Crippen LogP contribution is -2.04. The van der Waals surface area contributed by atoms with Gasteiger partial charge in [0.05, 0.1) is 23.9 Å². The highest BCUT2D eigenvalue weighted by atomic mass is 16.5. The van der Waals surface area contributed by atoms with Crippen LogP contribution >= 0.6 is 0 Å². The number of benzene rings is 1. The Kier molecular flexibility index (Phi) is 4.36. The van der Waals surface area contributed by atoms with Crippen molar-refractivity contribution in [2.45, 2.75) is 6.61 Å². The van der Waals surface area contributed by atoms with Crippen molar-refractivity contribution in [1.82, 2.24) is 4.98 Å². The van der Waals surface area contributed by atoms with E-state index >= 15 is 0 Å². The Balaban J connectivity index is 2.07. The summed E-state index contributed by atoms with van der Waals surface area (Å²) in [5, 5.41) is 9.01. The van der Waals surface area contributed by atoms with Crippen LogP contribution in [0.2, 0.25) is 0 Å². The number of ether oxygens (including phenoxy) is 2. The molecule has 1 heterocycles. The highest BCUT2D eigenvalue weighted by Crippen LogP contribution is 2.21. The fourth-order valence-electron chi connectivity index (χ4n) is 1.66. The molecule has 0 amide bonds. The van der Waals surface area contributed by atoms with Crippen LogP contribution in [0.3, 0.4) is 0 Å². The van der Waals surface area contributed by atoms with E-state index in [-0.39, 0.29) is 6.61 Å². The van der Waals surface area contributed by atoms with Crippen LogP contribution in [-0.4, -0.2) is 18.1 Å². The van der Waals surface area contributed by atoms with Crippen LogP contribution in [0.15, 0.2) is 36.5 Å². The number of pyridine rings is 1. The number of esters is 1. The number of aromatic nitrogens is 1. The molecule has 2 rings (SSSR count). The molecule has 2 aromatic rings. The first-order valence-electron chi connectivity index (χ1n) is 6.09. The van der Waals surface area contributed by atoms with Crippen molar-refractivity contribution < 1.29 is 14.3 Å². The molecule has 0 saturated heterocycles. The summed E-state index contributed by atoms with van der Waals surface area (Å²) in [5.74, 6) is -0.00851. The number of nitrogens with two attached hydrogens (primary N) is 1. The zero-order chi connectivity index (χ0) is 15.2. The fraction of sp³-hybridized carbons (Fsp3) is 0.133. The van der Waals surface area contributed by atoms with E-state index in [1.807, 2.05) is 6.07 Å². The summed E-state index contributed by atoms with van der Waals surface area (Å²) in [7, 11) is 1.31. The maximum absolute atomic E-state index is 11.3. The minimum atomic E-state index is -0.444. The van der Waals surface area contributed by atoms with Gasteiger partial charge in [0.25, 0.3) is 0 Å². The Hall–Kier alpha value is -3.07. The third-order valence-corrected chi connectivity index (χ3v) is 2.75. The minimum absolute atomic E-state index is 0.181. The van der Waals surface area contributed by atoms with Gasteiger partial charge in [0.15, 0.2) is 0 Å². The molecule has 0 saturated carbocycles. The molecule has 6 heteroatoms. The molecule has 6 nitrogen and oxygen atoms in total. The summed E-state index contributed by atoms with van der Waals surface area (Å²) in [4.78, 5) is 15.4. The Bertz CT molecular complexity index is 690. The van der Waals surface area contributed by atoms with Crippen LogP contribution in [0.5, 0.6) is 5.75 Å². The van der Waals surface area contributed by atoms with Crippen LogP contribution in [0.1, 0.15) is 21.6 Å². The van der Waals surface area contributed by atoms with Crippen LogP contribution in [-0.2, 0) is 11.3 Å². The largest absolute Gasteiger partial charge is 0.486 e. The molecule has 0 aliphatic heterocycles. The summed E-state index contributed by atoms with van der Waals surface area (Å²) in [6.07, 6.45) is 1.42. The summed E-state index contributed by atoms with van der Waals surface area (Å²) < 4.78 is 10.1. The minimum Gasteiger partial charge on any atom is -0.486 e. The van der Waals surface area contributed by atoms with Gasteiger partial charge in [-0.1, -0.05) is 0 Å². The monoisotopic (exact) mass is 283 g/mol. The second-order valence-electron chi connectivity index (χ2n) is 4.19. The van der Waals surface area contributed by atoms with E-state index in [1.165, 1.54) is 13.3 Å². The number of methoxy groups -OCH3 is 1. The van der Waals surface area contributed by atoms with E-state index < -0.39 is 5.97 Å². The van der Waals surface area contributed by atoms with Crippen molar-refractivity contribution in [3.63, 3.8) is 0 Å². The van der Waals surface area contributed by atoms with Gasteiger partial charge in [0.2, 0.25) is 0 Å². The van der Waals surface area contributed by atoms with Crippen molar-refractivity contribution in [3.05, 3.63) is 53.3 Å². The number of nitrogen functional groups attached to an aromatic ring is 1. The zero-order valence-electron chi connectivity index (χ0n) is 11.4. The maximum Gasteiger partial charge on any atom is 0.339 e. The van der Waals surface area contributed by atoms with E-state index in [4.69, 9.17) is 15.7 Å². The molecule has 1 aromatic carbocycles. The molecular weight excluding hydrogens is 270 g/mol. The van der Waals surface area contributed by atoms with Gasteiger partial charge in [-0.05, 0) is 30.3 Å². The van der Waals surface area contributed by atoms with Crippen LogP contribution in [0, 0.1) is 11.3 Å². The van der Waals surface area contributed by atoms with Crippen molar-refractivity contribution in [2.75, 3.05) is 12.8 Å². The molecular formula is C15H13N3O3. The fourth-order valence-corrected chi connectivity index (χ4v) is 1.66. The molecule has 106 valence electrons. The zero-order valence-corrected chi connectivity index (χ0v) is 11.4. The Labute approximate surface area is 121 Å². The summed E-state index contributed by atoms with van der Waals surface area (Å²) in [5.41, 5.74) is 7.46. The van der Waals surface area contributed by atoms with Crippen LogP contribution in [0.25, 0.3) is 0 Å². The number of hydrogen-bond acceptors (Lipinski definition) is 6. The first kappa shape index (κ1) is 14.3.